The molecule has 1 aliphatic rings. The van der Waals surface area contributed by atoms with E-state index in [2.05, 4.69) is 15.8 Å². The summed E-state index contributed by atoms with van der Waals surface area (Å²) in [6, 6.07) is 3.71. The molecule has 9 nitrogen and oxygen atoms in total. The molecule has 1 fully saturated rings. The third kappa shape index (κ3) is 4.14. The lowest BCUT2D eigenvalue weighted by molar-refractivity contribution is -0.115. The average molecular weight is 420 g/mol. The van der Waals surface area contributed by atoms with E-state index in [1.165, 1.54) is 12.1 Å². The van der Waals surface area contributed by atoms with Crippen LogP contribution in [0.15, 0.2) is 32.3 Å². The van der Waals surface area contributed by atoms with Crippen LogP contribution in [0.1, 0.15) is 5.76 Å². The molecule has 2 atom stereocenters. The Balaban J connectivity index is 1.70. The predicted octanol–water partition coefficient (Wildman–Crippen LogP) is 0.212. The van der Waals surface area contributed by atoms with Gasteiger partial charge in [-0.2, -0.15) is 0 Å². The normalized spacial score (nSPS) is 22.3. The summed E-state index contributed by atoms with van der Waals surface area (Å²) < 4.78 is 54.3. The SMILES string of the molecule is Cc1cc(NC(=O)CN[C@H]2CS(=O)(=O)C[C@@H]2S(=O)(=O)c2cccs2)no1. The topological polar surface area (TPSA) is 135 Å². The van der Waals surface area contributed by atoms with Gasteiger partial charge in [0.2, 0.25) is 5.91 Å². The standard InChI is InChI=1S/C14H17N3O6S3/c1-9-5-12(17-23-9)16-13(18)6-15-10-7-25(19,20)8-11(10)26(21,22)14-3-2-4-24-14/h2-5,10-11,15H,6-8H2,1H3,(H,16,17,18)/t10-,11-/m0/s1. The molecule has 3 rings (SSSR count). The van der Waals surface area contributed by atoms with Gasteiger partial charge in [0.15, 0.2) is 25.5 Å². The Kier molecular flexibility index (Phi) is 5.19. The number of amides is 1. The van der Waals surface area contributed by atoms with Gasteiger partial charge in [0.25, 0.3) is 0 Å². The molecule has 0 saturated carbocycles. The van der Waals surface area contributed by atoms with Gasteiger partial charge in [0.05, 0.1) is 23.3 Å². The molecule has 1 amide bonds. The van der Waals surface area contributed by atoms with E-state index < -0.39 is 42.6 Å². The Morgan fingerprint density at radius 3 is 2.81 bits per heavy atom. The summed E-state index contributed by atoms with van der Waals surface area (Å²) in [4.78, 5) is 12.0. The number of nitrogens with zero attached hydrogens (tertiary/aromatic N) is 1. The van der Waals surface area contributed by atoms with Gasteiger partial charge < -0.3 is 15.2 Å². The molecule has 3 heterocycles. The van der Waals surface area contributed by atoms with E-state index >= 15 is 0 Å². The summed E-state index contributed by atoms with van der Waals surface area (Å²) in [5.74, 6) is -0.517. The number of hydrogen-bond acceptors (Lipinski definition) is 9. The molecule has 2 aromatic rings. The number of nitrogens with one attached hydrogen (secondary N) is 2. The van der Waals surface area contributed by atoms with Gasteiger partial charge in [0.1, 0.15) is 9.97 Å². The molecule has 0 radical (unpaired) electrons. The maximum atomic E-state index is 12.7. The number of carbonyl (C=O) groups is 1. The quantitative estimate of drug-likeness (QED) is 0.678. The molecule has 0 bridgehead atoms. The lowest BCUT2D eigenvalue weighted by Gasteiger charge is -2.18. The van der Waals surface area contributed by atoms with Gasteiger partial charge in [0, 0.05) is 12.1 Å². The number of anilines is 1. The Bertz CT molecular complexity index is 995. The fourth-order valence-corrected chi connectivity index (χ4v) is 8.66. The highest BCUT2D eigenvalue weighted by Crippen LogP contribution is 2.28. The van der Waals surface area contributed by atoms with E-state index in [4.69, 9.17) is 4.52 Å². The minimum atomic E-state index is -3.80. The van der Waals surface area contributed by atoms with Crippen molar-refractivity contribution in [3.05, 3.63) is 29.3 Å². The van der Waals surface area contributed by atoms with Crippen molar-refractivity contribution in [1.29, 1.82) is 0 Å². The summed E-state index contributed by atoms with van der Waals surface area (Å²) in [5.41, 5.74) is 0. The molecular formula is C14H17N3O6S3. The Labute approximate surface area is 154 Å². The van der Waals surface area contributed by atoms with Crippen molar-refractivity contribution >= 4 is 42.7 Å². The van der Waals surface area contributed by atoms with Crippen LogP contribution >= 0.6 is 11.3 Å². The van der Waals surface area contributed by atoms with E-state index in [1.807, 2.05) is 0 Å². The largest absolute Gasteiger partial charge is 0.360 e. The zero-order valence-corrected chi connectivity index (χ0v) is 16.2. The van der Waals surface area contributed by atoms with Crippen LogP contribution in [0.4, 0.5) is 5.82 Å². The number of rotatable bonds is 6. The molecule has 0 spiro atoms. The van der Waals surface area contributed by atoms with Crippen molar-refractivity contribution in [1.82, 2.24) is 10.5 Å². The molecule has 1 aliphatic heterocycles. The first kappa shape index (κ1) is 19.0. The molecular weight excluding hydrogens is 402 g/mol. The highest BCUT2D eigenvalue weighted by molar-refractivity contribution is 7.97. The summed E-state index contributed by atoms with van der Waals surface area (Å²) in [6.45, 7) is 1.42. The van der Waals surface area contributed by atoms with E-state index in [-0.39, 0.29) is 22.3 Å². The number of aryl methyl sites for hydroxylation is 1. The summed E-state index contributed by atoms with van der Waals surface area (Å²) >= 11 is 1.04. The van der Waals surface area contributed by atoms with Crippen LogP contribution in [0, 0.1) is 6.92 Å². The second kappa shape index (κ2) is 7.10. The molecule has 2 N–H and O–H groups in total. The van der Waals surface area contributed by atoms with Gasteiger partial charge in [-0.05, 0) is 18.4 Å². The average Bonchev–Trinajstić information content (AvgIpc) is 3.26. The smallest absolute Gasteiger partial charge is 0.239 e. The number of aromatic nitrogens is 1. The van der Waals surface area contributed by atoms with E-state index in [0.29, 0.717) is 5.76 Å². The Morgan fingerprint density at radius 2 is 2.19 bits per heavy atom. The Morgan fingerprint density at radius 1 is 1.42 bits per heavy atom. The zero-order valence-electron chi connectivity index (χ0n) is 13.7. The van der Waals surface area contributed by atoms with Crippen LogP contribution < -0.4 is 10.6 Å². The van der Waals surface area contributed by atoms with Gasteiger partial charge >= 0.3 is 0 Å². The number of thiophene rings is 1. The third-order valence-electron chi connectivity index (χ3n) is 3.89. The van der Waals surface area contributed by atoms with Crippen molar-refractivity contribution in [2.45, 2.75) is 22.4 Å². The number of sulfone groups is 2. The fourth-order valence-electron chi connectivity index (χ4n) is 2.72. The van der Waals surface area contributed by atoms with Crippen molar-refractivity contribution in [2.75, 3.05) is 23.4 Å². The monoisotopic (exact) mass is 419 g/mol. The molecule has 0 aliphatic carbocycles. The highest BCUT2D eigenvalue weighted by atomic mass is 32.2. The maximum absolute atomic E-state index is 12.7. The first-order valence-corrected chi connectivity index (χ1v) is 11.9. The minimum absolute atomic E-state index is 0.119. The second-order valence-corrected chi connectivity index (χ2v) is 11.4. The molecule has 0 aromatic carbocycles. The van der Waals surface area contributed by atoms with Crippen LogP contribution in [-0.2, 0) is 24.5 Å². The second-order valence-electron chi connectivity index (χ2n) is 5.95. The van der Waals surface area contributed by atoms with Crippen LogP contribution in [0.2, 0.25) is 0 Å². The highest BCUT2D eigenvalue weighted by Gasteiger charge is 2.46. The number of hydrogen-bond donors (Lipinski definition) is 2. The van der Waals surface area contributed by atoms with Crippen molar-refractivity contribution < 1.29 is 26.2 Å². The fraction of sp³-hybridized carbons (Fsp3) is 0.429. The van der Waals surface area contributed by atoms with Crippen LogP contribution in [-0.4, -0.2) is 57.2 Å². The van der Waals surface area contributed by atoms with Crippen LogP contribution in [0.3, 0.4) is 0 Å². The van der Waals surface area contributed by atoms with Crippen LogP contribution in [0.25, 0.3) is 0 Å². The lowest BCUT2D eigenvalue weighted by Crippen LogP contribution is -2.46. The van der Waals surface area contributed by atoms with Crippen molar-refractivity contribution in [2.24, 2.45) is 0 Å². The molecule has 142 valence electrons. The van der Waals surface area contributed by atoms with E-state index in [0.717, 1.165) is 11.3 Å². The van der Waals surface area contributed by atoms with Gasteiger partial charge in [-0.1, -0.05) is 11.2 Å². The molecule has 1 saturated heterocycles. The van der Waals surface area contributed by atoms with Gasteiger partial charge in [-0.3, -0.25) is 4.79 Å². The van der Waals surface area contributed by atoms with E-state index in [9.17, 15) is 21.6 Å². The summed E-state index contributed by atoms with van der Waals surface area (Å²) in [7, 11) is -7.32. The summed E-state index contributed by atoms with van der Waals surface area (Å²) in [5, 5.41) is 9.35. The first-order chi connectivity index (χ1) is 12.2. The third-order valence-corrected chi connectivity index (χ3v) is 9.48. The molecule has 2 aromatic heterocycles. The van der Waals surface area contributed by atoms with Crippen molar-refractivity contribution in [3.63, 3.8) is 0 Å². The molecule has 12 heteroatoms. The molecule has 0 unspecified atom stereocenters. The minimum Gasteiger partial charge on any atom is -0.360 e. The first-order valence-electron chi connectivity index (χ1n) is 7.62. The van der Waals surface area contributed by atoms with Gasteiger partial charge in [-0.25, -0.2) is 16.8 Å². The Hall–Kier alpha value is -1.76. The van der Waals surface area contributed by atoms with Gasteiger partial charge in [-0.15, -0.1) is 11.3 Å². The molecule has 26 heavy (non-hydrogen) atoms. The number of carbonyl (C=O) groups excluding carboxylic acids is 1. The zero-order chi connectivity index (χ0) is 18.9. The maximum Gasteiger partial charge on any atom is 0.239 e. The predicted molar refractivity (Wildman–Crippen MR) is 95.6 cm³/mol. The van der Waals surface area contributed by atoms with E-state index in [1.54, 1.807) is 18.4 Å². The van der Waals surface area contributed by atoms with Crippen LogP contribution in [0.5, 0.6) is 0 Å². The lowest BCUT2D eigenvalue weighted by atomic mass is 10.2. The van der Waals surface area contributed by atoms with Crippen molar-refractivity contribution in [3.8, 4) is 0 Å². The summed E-state index contributed by atoms with van der Waals surface area (Å²) in [6.07, 6.45) is 0.